The molecule has 0 aliphatic heterocycles. The molecule has 0 N–H and O–H groups in total. The Balaban J connectivity index is 0.00000112. The molecule has 0 nitrogen and oxygen atoms in total. The summed E-state index contributed by atoms with van der Waals surface area (Å²) in [5.41, 5.74) is 0. The molecule has 0 spiro atoms. The molecule has 2 fully saturated rings. The Morgan fingerprint density at radius 1 is 0.667 bits per heavy atom. The van der Waals surface area contributed by atoms with Crippen LogP contribution in [0.5, 0.6) is 0 Å². The molecular weight excluding hydrogens is 180 g/mol. The van der Waals surface area contributed by atoms with Gasteiger partial charge in [-0.05, 0) is 17.8 Å². The molecule has 2 aliphatic carbocycles. The van der Waals surface area contributed by atoms with E-state index in [9.17, 15) is 0 Å². The molecule has 15 heavy (non-hydrogen) atoms. The zero-order valence-corrected chi connectivity index (χ0v) is 9.80. The standard InChI is InChI=1S/C14H26.CH4/c1-12(13-8-4-2-5-9-13)14-10-6-3-7-11-14;/h12-14H,2-11H2,1H3;1H4. The van der Waals surface area contributed by atoms with Crippen LogP contribution in [0.1, 0.15) is 78.6 Å². The van der Waals surface area contributed by atoms with Gasteiger partial charge in [-0.25, -0.2) is 0 Å². The first-order chi connectivity index (χ1) is 6.88. The van der Waals surface area contributed by atoms with Gasteiger partial charge in [0.15, 0.2) is 0 Å². The second-order valence-electron chi connectivity index (χ2n) is 5.66. The van der Waals surface area contributed by atoms with Gasteiger partial charge >= 0.3 is 0 Å². The van der Waals surface area contributed by atoms with E-state index < -0.39 is 0 Å². The van der Waals surface area contributed by atoms with Crippen LogP contribution >= 0.6 is 0 Å². The Kier molecular flexibility index (Phi) is 5.71. The van der Waals surface area contributed by atoms with Gasteiger partial charge in [-0.15, -0.1) is 0 Å². The molecule has 0 aromatic rings. The number of hydrogen-bond acceptors (Lipinski definition) is 0. The maximum absolute atomic E-state index is 2.55. The summed E-state index contributed by atoms with van der Waals surface area (Å²) in [4.78, 5) is 0. The fraction of sp³-hybridized carbons (Fsp3) is 1.00. The molecule has 0 saturated heterocycles. The zero-order chi connectivity index (χ0) is 9.80. The van der Waals surface area contributed by atoms with Crippen molar-refractivity contribution in [3.63, 3.8) is 0 Å². The lowest BCUT2D eigenvalue weighted by atomic mass is 9.71. The highest BCUT2D eigenvalue weighted by molar-refractivity contribution is 4.78. The van der Waals surface area contributed by atoms with Gasteiger partial charge in [0.2, 0.25) is 0 Å². The third-order valence-electron chi connectivity index (χ3n) is 4.79. The molecule has 2 rings (SSSR count). The van der Waals surface area contributed by atoms with E-state index in [4.69, 9.17) is 0 Å². The molecule has 0 atom stereocenters. The van der Waals surface area contributed by atoms with Gasteiger partial charge in [-0.1, -0.05) is 78.6 Å². The van der Waals surface area contributed by atoms with Crippen LogP contribution in [0.3, 0.4) is 0 Å². The minimum atomic E-state index is 0. The molecule has 0 aromatic heterocycles. The first kappa shape index (κ1) is 13.1. The van der Waals surface area contributed by atoms with Crippen molar-refractivity contribution in [2.24, 2.45) is 17.8 Å². The third kappa shape index (κ3) is 3.50. The highest BCUT2D eigenvalue weighted by Gasteiger charge is 2.27. The largest absolute Gasteiger partial charge is 0.0776 e. The van der Waals surface area contributed by atoms with Gasteiger partial charge in [0.05, 0.1) is 0 Å². The van der Waals surface area contributed by atoms with Crippen molar-refractivity contribution in [2.45, 2.75) is 78.6 Å². The van der Waals surface area contributed by atoms with Crippen molar-refractivity contribution in [2.75, 3.05) is 0 Å². The number of rotatable bonds is 2. The Morgan fingerprint density at radius 2 is 1.00 bits per heavy atom. The van der Waals surface area contributed by atoms with Crippen LogP contribution in [0, 0.1) is 17.8 Å². The lowest BCUT2D eigenvalue weighted by molar-refractivity contribution is 0.159. The summed E-state index contributed by atoms with van der Waals surface area (Å²) in [5, 5.41) is 0. The van der Waals surface area contributed by atoms with E-state index in [2.05, 4.69) is 6.92 Å². The second-order valence-corrected chi connectivity index (χ2v) is 5.66. The van der Waals surface area contributed by atoms with Crippen molar-refractivity contribution in [1.82, 2.24) is 0 Å². The second kappa shape index (κ2) is 6.55. The summed E-state index contributed by atoms with van der Waals surface area (Å²) in [7, 11) is 0. The topological polar surface area (TPSA) is 0 Å². The van der Waals surface area contributed by atoms with E-state index in [1.807, 2.05) is 0 Å². The summed E-state index contributed by atoms with van der Waals surface area (Å²) >= 11 is 0. The van der Waals surface area contributed by atoms with E-state index in [0.29, 0.717) is 0 Å². The van der Waals surface area contributed by atoms with Crippen molar-refractivity contribution in [3.05, 3.63) is 0 Å². The molecule has 0 unspecified atom stereocenters. The van der Waals surface area contributed by atoms with Gasteiger partial charge in [0.1, 0.15) is 0 Å². The van der Waals surface area contributed by atoms with Gasteiger partial charge in [0.25, 0.3) is 0 Å². The monoisotopic (exact) mass is 210 g/mol. The van der Waals surface area contributed by atoms with Crippen LogP contribution in [0.4, 0.5) is 0 Å². The quantitative estimate of drug-likeness (QED) is 0.571. The van der Waals surface area contributed by atoms with Crippen molar-refractivity contribution in [3.8, 4) is 0 Å². The van der Waals surface area contributed by atoms with Crippen molar-refractivity contribution in [1.29, 1.82) is 0 Å². The van der Waals surface area contributed by atoms with Gasteiger partial charge in [-0.3, -0.25) is 0 Å². The van der Waals surface area contributed by atoms with E-state index >= 15 is 0 Å². The Bertz CT molecular complexity index is 131. The molecule has 2 aliphatic rings. The third-order valence-corrected chi connectivity index (χ3v) is 4.79. The minimum Gasteiger partial charge on any atom is -0.0776 e. The molecule has 0 radical (unpaired) electrons. The van der Waals surface area contributed by atoms with Crippen LogP contribution in [-0.4, -0.2) is 0 Å². The van der Waals surface area contributed by atoms with Crippen LogP contribution in [-0.2, 0) is 0 Å². The summed E-state index contributed by atoms with van der Waals surface area (Å²) in [6, 6.07) is 0. The zero-order valence-electron chi connectivity index (χ0n) is 9.80. The molecule has 2 saturated carbocycles. The highest BCUT2D eigenvalue weighted by Crippen LogP contribution is 2.39. The first-order valence-electron chi connectivity index (χ1n) is 6.88. The van der Waals surface area contributed by atoms with E-state index in [0.717, 1.165) is 17.8 Å². The predicted molar refractivity (Wildman–Crippen MR) is 69.0 cm³/mol. The number of hydrogen-bond donors (Lipinski definition) is 0. The highest BCUT2D eigenvalue weighted by atomic mass is 14.3. The molecule has 0 aromatic carbocycles. The van der Waals surface area contributed by atoms with E-state index in [-0.39, 0.29) is 7.43 Å². The van der Waals surface area contributed by atoms with Gasteiger partial charge in [0, 0.05) is 0 Å². The molecule has 0 heteroatoms. The SMILES string of the molecule is C.CC(C1CCCCC1)C1CCCCC1. The van der Waals surface area contributed by atoms with Crippen LogP contribution in [0.15, 0.2) is 0 Å². The molecule has 90 valence electrons. The van der Waals surface area contributed by atoms with Crippen LogP contribution in [0.2, 0.25) is 0 Å². The van der Waals surface area contributed by atoms with Crippen molar-refractivity contribution >= 4 is 0 Å². The first-order valence-corrected chi connectivity index (χ1v) is 6.88. The predicted octanol–water partition coefficient (Wildman–Crippen LogP) is 5.42. The molecule has 0 heterocycles. The maximum atomic E-state index is 2.55. The molecular formula is C15H30. The summed E-state index contributed by atoms with van der Waals surface area (Å²) in [5.74, 6) is 3.22. The average Bonchev–Trinajstić information content (AvgIpc) is 2.30. The normalized spacial score (nSPS) is 25.2. The Labute approximate surface area is 96.8 Å². The Hall–Kier alpha value is 0. The fourth-order valence-electron chi connectivity index (χ4n) is 3.70. The van der Waals surface area contributed by atoms with Crippen molar-refractivity contribution < 1.29 is 0 Å². The van der Waals surface area contributed by atoms with E-state index in [1.54, 1.807) is 0 Å². The fourth-order valence-corrected chi connectivity index (χ4v) is 3.70. The lowest BCUT2D eigenvalue weighted by Gasteiger charge is -2.35. The summed E-state index contributed by atoms with van der Waals surface area (Å²) in [6.07, 6.45) is 15.2. The van der Waals surface area contributed by atoms with Crippen LogP contribution < -0.4 is 0 Å². The average molecular weight is 210 g/mol. The Morgan fingerprint density at radius 3 is 1.33 bits per heavy atom. The summed E-state index contributed by atoms with van der Waals surface area (Å²) in [6.45, 7) is 2.55. The summed E-state index contributed by atoms with van der Waals surface area (Å²) < 4.78 is 0. The maximum Gasteiger partial charge on any atom is -0.0386 e. The van der Waals surface area contributed by atoms with Gasteiger partial charge < -0.3 is 0 Å². The minimum absolute atomic E-state index is 0. The molecule has 0 amide bonds. The molecule has 0 bridgehead atoms. The van der Waals surface area contributed by atoms with Crippen LogP contribution in [0.25, 0.3) is 0 Å². The van der Waals surface area contributed by atoms with E-state index in [1.165, 1.54) is 64.2 Å². The smallest absolute Gasteiger partial charge is 0.0386 e. The lowest BCUT2D eigenvalue weighted by Crippen LogP contribution is -2.24. The van der Waals surface area contributed by atoms with Gasteiger partial charge in [-0.2, -0.15) is 0 Å².